The maximum Gasteiger partial charge on any atom is 0.436 e. The molecular weight excluding hydrogens is 418 g/mol. The predicted octanol–water partition coefficient (Wildman–Crippen LogP) is 3.88. The van der Waals surface area contributed by atoms with Gasteiger partial charge in [-0.05, 0) is 20.3 Å². The first-order valence-electron chi connectivity index (χ1n) is 7.47. The van der Waals surface area contributed by atoms with Crippen molar-refractivity contribution >= 4 is 40.7 Å². The summed E-state index contributed by atoms with van der Waals surface area (Å²) < 4.78 is 40.7. The molecule has 0 unspecified atom stereocenters. The highest BCUT2D eigenvalue weighted by atomic mass is 35.5. The van der Waals surface area contributed by atoms with E-state index in [0.717, 1.165) is 4.68 Å². The third kappa shape index (κ3) is 4.63. The average Bonchev–Trinajstić information content (AvgIpc) is 2.96. The van der Waals surface area contributed by atoms with Crippen LogP contribution in [0.5, 0.6) is 0 Å². The monoisotopic (exact) mass is 431 g/mol. The number of hydrogen-bond donors (Lipinski definition) is 1. The van der Waals surface area contributed by atoms with Crippen LogP contribution in [0.3, 0.4) is 0 Å². The molecule has 2 aromatic rings. The van der Waals surface area contributed by atoms with Crippen molar-refractivity contribution in [1.82, 2.24) is 24.9 Å². The van der Waals surface area contributed by atoms with Gasteiger partial charge in [0.2, 0.25) is 5.91 Å². The minimum atomic E-state index is -4.67. The topological polar surface area (TPSA) is 64.7 Å². The first-order chi connectivity index (χ1) is 12.0. The molecule has 1 amide bonds. The van der Waals surface area contributed by atoms with E-state index in [2.05, 4.69) is 15.5 Å². The molecule has 0 radical (unpaired) electrons. The first-order valence-corrected chi connectivity index (χ1v) is 8.61. The van der Waals surface area contributed by atoms with Crippen LogP contribution >= 0.6 is 34.8 Å². The van der Waals surface area contributed by atoms with E-state index in [0.29, 0.717) is 28.8 Å². The maximum absolute atomic E-state index is 12.8. The lowest BCUT2D eigenvalue weighted by Crippen LogP contribution is -2.30. The van der Waals surface area contributed by atoms with Gasteiger partial charge in [0.05, 0.1) is 16.4 Å². The van der Waals surface area contributed by atoms with E-state index in [1.165, 1.54) is 11.6 Å². The van der Waals surface area contributed by atoms with E-state index in [-0.39, 0.29) is 18.8 Å². The van der Waals surface area contributed by atoms with Gasteiger partial charge in [0, 0.05) is 13.1 Å². The van der Waals surface area contributed by atoms with Gasteiger partial charge >= 0.3 is 6.18 Å². The predicted molar refractivity (Wildman–Crippen MR) is 91.6 cm³/mol. The molecular formula is C14H15Cl3F3N5O. The zero-order chi connectivity index (χ0) is 19.6. The summed E-state index contributed by atoms with van der Waals surface area (Å²) in [5, 5.41) is 10.3. The van der Waals surface area contributed by atoms with Crippen molar-refractivity contribution in [2.75, 3.05) is 6.54 Å². The van der Waals surface area contributed by atoms with Gasteiger partial charge in [0.25, 0.3) is 0 Å². The fraction of sp³-hybridized carbons (Fsp3) is 0.500. The molecule has 6 nitrogen and oxygen atoms in total. The van der Waals surface area contributed by atoms with Crippen LogP contribution in [0, 0.1) is 13.8 Å². The molecule has 0 fully saturated rings. The minimum absolute atomic E-state index is 0.0718. The Bertz CT molecular complexity index is 816. The molecule has 0 saturated heterocycles. The zero-order valence-corrected chi connectivity index (χ0v) is 16.1. The lowest BCUT2D eigenvalue weighted by atomic mass is 10.3. The van der Waals surface area contributed by atoms with Gasteiger partial charge in [-0.3, -0.25) is 14.2 Å². The van der Waals surface area contributed by atoms with Crippen molar-refractivity contribution in [1.29, 1.82) is 0 Å². The Hall–Kier alpha value is -1.45. The number of carbonyl (C=O) groups is 1. The van der Waals surface area contributed by atoms with Gasteiger partial charge in [-0.25, -0.2) is 0 Å². The van der Waals surface area contributed by atoms with Gasteiger partial charge in [-0.15, -0.1) is 0 Å². The standard InChI is InChI=1S/C14H15Cl3F3N5O/c1-7-10(15)13(17)24(22-7)5-3-4-21-9(26)6-25-8(2)11(16)12(23-25)14(18,19)20/h3-6H2,1-2H3,(H,21,26). The number of carbonyl (C=O) groups excluding carboxylic acids is 1. The molecule has 0 aliphatic carbocycles. The number of alkyl halides is 3. The number of aryl methyl sites for hydroxylation is 2. The quantitative estimate of drug-likeness (QED) is 0.705. The van der Waals surface area contributed by atoms with Crippen LogP contribution in [0.2, 0.25) is 15.2 Å². The zero-order valence-electron chi connectivity index (χ0n) is 13.8. The molecule has 0 atom stereocenters. The largest absolute Gasteiger partial charge is 0.436 e. The second kappa shape index (κ2) is 8.06. The first kappa shape index (κ1) is 20.9. The molecule has 1 N–H and O–H groups in total. The molecule has 144 valence electrons. The highest BCUT2D eigenvalue weighted by Gasteiger charge is 2.38. The number of nitrogens with one attached hydrogen (secondary N) is 1. The molecule has 26 heavy (non-hydrogen) atoms. The number of aromatic nitrogens is 4. The van der Waals surface area contributed by atoms with Gasteiger partial charge in [0.1, 0.15) is 16.7 Å². The Morgan fingerprint density at radius 1 is 1.12 bits per heavy atom. The van der Waals surface area contributed by atoms with Crippen molar-refractivity contribution in [3.63, 3.8) is 0 Å². The van der Waals surface area contributed by atoms with Gasteiger partial charge < -0.3 is 5.32 Å². The van der Waals surface area contributed by atoms with Crippen molar-refractivity contribution in [3.8, 4) is 0 Å². The second-order valence-electron chi connectivity index (χ2n) is 5.52. The Labute approximate surface area is 162 Å². The van der Waals surface area contributed by atoms with E-state index in [9.17, 15) is 18.0 Å². The molecule has 0 aromatic carbocycles. The average molecular weight is 433 g/mol. The van der Waals surface area contributed by atoms with E-state index in [1.54, 1.807) is 6.92 Å². The van der Waals surface area contributed by atoms with Crippen LogP contribution < -0.4 is 5.32 Å². The lowest BCUT2D eigenvalue weighted by Gasteiger charge is -2.07. The highest BCUT2D eigenvalue weighted by Crippen LogP contribution is 2.35. The summed E-state index contributed by atoms with van der Waals surface area (Å²) in [6.07, 6.45) is -4.17. The molecule has 0 saturated carbocycles. The molecule has 0 aliphatic heterocycles. The summed E-state index contributed by atoms with van der Waals surface area (Å²) in [6.45, 7) is 3.43. The third-order valence-electron chi connectivity index (χ3n) is 3.56. The van der Waals surface area contributed by atoms with Crippen molar-refractivity contribution in [2.24, 2.45) is 0 Å². The summed E-state index contributed by atoms with van der Waals surface area (Å²) in [7, 11) is 0. The Morgan fingerprint density at radius 2 is 1.77 bits per heavy atom. The summed E-state index contributed by atoms with van der Waals surface area (Å²) in [5.41, 5.74) is -0.528. The highest BCUT2D eigenvalue weighted by molar-refractivity contribution is 6.41. The van der Waals surface area contributed by atoms with E-state index >= 15 is 0 Å². The summed E-state index contributed by atoms with van der Waals surface area (Å²) >= 11 is 17.6. The van der Waals surface area contributed by atoms with Crippen molar-refractivity contribution < 1.29 is 18.0 Å². The van der Waals surface area contributed by atoms with Gasteiger partial charge in [-0.2, -0.15) is 23.4 Å². The van der Waals surface area contributed by atoms with Crippen LogP contribution in [-0.2, 0) is 24.1 Å². The molecule has 0 aliphatic rings. The van der Waals surface area contributed by atoms with Crippen LogP contribution in [0.15, 0.2) is 0 Å². The molecule has 12 heteroatoms. The van der Waals surface area contributed by atoms with Crippen molar-refractivity contribution in [2.45, 2.75) is 39.5 Å². The number of rotatable bonds is 6. The van der Waals surface area contributed by atoms with E-state index in [4.69, 9.17) is 34.8 Å². The number of halogens is 6. The Morgan fingerprint density at radius 3 is 2.27 bits per heavy atom. The molecule has 0 bridgehead atoms. The lowest BCUT2D eigenvalue weighted by molar-refractivity contribution is -0.141. The molecule has 0 spiro atoms. The SMILES string of the molecule is Cc1nn(CCCNC(=O)Cn2nc(C(F)(F)F)c(Cl)c2C)c(Cl)c1Cl. The maximum atomic E-state index is 12.8. The van der Waals surface area contributed by atoms with E-state index < -0.39 is 22.8 Å². The molecule has 2 heterocycles. The van der Waals surface area contributed by atoms with Gasteiger partial charge in [-0.1, -0.05) is 34.8 Å². The van der Waals surface area contributed by atoms with Crippen LogP contribution in [0.25, 0.3) is 0 Å². The van der Waals surface area contributed by atoms with Crippen LogP contribution in [0.4, 0.5) is 13.2 Å². The summed E-state index contributed by atoms with van der Waals surface area (Å²) in [4.78, 5) is 11.9. The fourth-order valence-electron chi connectivity index (χ4n) is 2.19. The third-order valence-corrected chi connectivity index (χ3v) is 4.95. The van der Waals surface area contributed by atoms with Crippen LogP contribution in [-0.4, -0.2) is 32.0 Å². The number of nitrogens with zero attached hydrogens (tertiary/aromatic N) is 4. The second-order valence-corrected chi connectivity index (χ2v) is 6.63. The number of amides is 1. The van der Waals surface area contributed by atoms with Crippen molar-refractivity contribution in [3.05, 3.63) is 32.3 Å². The molecule has 2 rings (SSSR count). The normalized spacial score (nSPS) is 11.8. The fourth-order valence-corrected chi connectivity index (χ4v) is 2.82. The Balaban J connectivity index is 1.87. The Kier molecular flexibility index (Phi) is 6.46. The minimum Gasteiger partial charge on any atom is -0.354 e. The smallest absolute Gasteiger partial charge is 0.354 e. The molecule has 2 aromatic heterocycles. The van der Waals surface area contributed by atoms with E-state index in [1.807, 2.05) is 0 Å². The summed E-state index contributed by atoms with van der Waals surface area (Å²) in [6, 6.07) is 0. The number of hydrogen-bond acceptors (Lipinski definition) is 3. The van der Waals surface area contributed by atoms with Crippen LogP contribution in [0.1, 0.15) is 23.5 Å². The van der Waals surface area contributed by atoms with Gasteiger partial charge in [0.15, 0.2) is 5.69 Å². The summed E-state index contributed by atoms with van der Waals surface area (Å²) in [5.74, 6) is -0.484.